The molecule has 4 heteroatoms. The SMILES string of the molecule is CSP(C)(=S)S. The van der Waals surface area contributed by atoms with Gasteiger partial charge in [0.2, 0.25) is 0 Å². The van der Waals surface area contributed by atoms with E-state index in [2.05, 4.69) is 12.2 Å². The van der Waals surface area contributed by atoms with Crippen molar-refractivity contribution < 1.29 is 0 Å². The third-order valence-electron chi connectivity index (χ3n) is 0.339. The average Bonchev–Trinajstić information content (AvgIpc) is 1.35. The number of hydrogen-bond donors (Lipinski definition) is 1. The lowest BCUT2D eigenvalue weighted by atomic mass is 12.0. The van der Waals surface area contributed by atoms with Crippen molar-refractivity contribution in [3.8, 4) is 0 Å². The molecule has 0 rings (SSSR count). The van der Waals surface area contributed by atoms with Gasteiger partial charge in [0.25, 0.3) is 0 Å². The summed E-state index contributed by atoms with van der Waals surface area (Å²) in [7, 11) is 0. The summed E-state index contributed by atoms with van der Waals surface area (Å²) in [6.45, 7) is 2.00. The first kappa shape index (κ1) is 7.35. The molecule has 0 heterocycles. The van der Waals surface area contributed by atoms with Gasteiger partial charge in [-0.25, -0.2) is 0 Å². The number of rotatable bonds is 1. The van der Waals surface area contributed by atoms with E-state index in [1.165, 1.54) is 0 Å². The van der Waals surface area contributed by atoms with Gasteiger partial charge in [-0.15, -0.1) is 23.6 Å². The van der Waals surface area contributed by atoms with E-state index in [0.29, 0.717) is 0 Å². The first-order valence-electron chi connectivity index (χ1n) is 1.42. The minimum absolute atomic E-state index is 1.20. The third kappa shape index (κ3) is 5.35. The van der Waals surface area contributed by atoms with Gasteiger partial charge in [-0.2, -0.15) is 0 Å². The largest absolute Gasteiger partial charge is 0.132 e. The van der Waals surface area contributed by atoms with Crippen molar-refractivity contribution in [2.75, 3.05) is 12.9 Å². The fraction of sp³-hybridized carbons (Fsp3) is 1.00. The fourth-order valence-electron chi connectivity index (χ4n) is 0. The van der Waals surface area contributed by atoms with Crippen molar-refractivity contribution in [1.29, 1.82) is 0 Å². The zero-order valence-corrected chi connectivity index (χ0v) is 7.13. The Labute approximate surface area is 53.0 Å². The molecule has 0 saturated carbocycles. The third-order valence-corrected chi connectivity index (χ3v) is 5.86. The van der Waals surface area contributed by atoms with Crippen LogP contribution in [-0.2, 0) is 11.8 Å². The maximum Gasteiger partial charge on any atom is 0.0510 e. The predicted octanol–water partition coefficient (Wildman–Crippen LogP) is 2.22. The molecule has 0 radical (unpaired) electrons. The molecule has 0 bridgehead atoms. The molecule has 0 aliphatic rings. The van der Waals surface area contributed by atoms with Crippen LogP contribution in [-0.4, -0.2) is 12.9 Å². The molecule has 0 amide bonds. The van der Waals surface area contributed by atoms with Crippen LogP contribution in [0, 0.1) is 0 Å². The molecule has 0 aliphatic carbocycles. The van der Waals surface area contributed by atoms with Crippen molar-refractivity contribution in [2.45, 2.75) is 0 Å². The molecule has 0 aromatic carbocycles. The van der Waals surface area contributed by atoms with Crippen LogP contribution < -0.4 is 0 Å². The maximum atomic E-state index is 4.92. The Hall–Kier alpha value is 1.35. The summed E-state index contributed by atoms with van der Waals surface area (Å²) in [5.41, 5.74) is 0. The smallest absolute Gasteiger partial charge is 0.0510 e. The van der Waals surface area contributed by atoms with Gasteiger partial charge in [-0.1, -0.05) is 11.8 Å². The van der Waals surface area contributed by atoms with Gasteiger partial charge in [-0.05, 0) is 12.9 Å². The van der Waals surface area contributed by atoms with E-state index < -0.39 is 4.44 Å². The molecule has 0 fully saturated rings. The van der Waals surface area contributed by atoms with Crippen LogP contribution in [0.1, 0.15) is 0 Å². The van der Waals surface area contributed by atoms with E-state index in [1.807, 2.05) is 12.9 Å². The van der Waals surface area contributed by atoms with E-state index in [1.54, 1.807) is 11.4 Å². The highest BCUT2D eigenvalue weighted by molar-refractivity contribution is 8.96. The molecular formula is C2H7PS3. The summed E-state index contributed by atoms with van der Waals surface area (Å²) >= 11 is 10.7. The quantitative estimate of drug-likeness (QED) is 0.459. The van der Waals surface area contributed by atoms with Gasteiger partial charge in [0.15, 0.2) is 0 Å². The van der Waals surface area contributed by atoms with E-state index in [0.717, 1.165) is 0 Å². The van der Waals surface area contributed by atoms with Gasteiger partial charge in [0.1, 0.15) is 0 Å². The Bertz CT molecular complexity index is 72.9. The van der Waals surface area contributed by atoms with E-state index in [4.69, 9.17) is 11.8 Å². The van der Waals surface area contributed by atoms with Crippen LogP contribution in [0.5, 0.6) is 0 Å². The average molecular weight is 158 g/mol. The lowest BCUT2D eigenvalue weighted by Gasteiger charge is -1.99. The summed E-state index contributed by atoms with van der Waals surface area (Å²) in [5, 5.41) is 0. The van der Waals surface area contributed by atoms with Crippen molar-refractivity contribution in [3.63, 3.8) is 0 Å². The van der Waals surface area contributed by atoms with Crippen molar-refractivity contribution >= 4 is 39.9 Å². The molecule has 0 N–H and O–H groups in total. The van der Waals surface area contributed by atoms with Gasteiger partial charge in [0, 0.05) is 0 Å². The Balaban J connectivity index is 3.48. The Morgan fingerprint density at radius 3 is 2.00 bits per heavy atom. The van der Waals surface area contributed by atoms with Gasteiger partial charge in [-0.3, -0.25) is 0 Å². The molecule has 1 unspecified atom stereocenters. The number of thiol groups is 1. The highest BCUT2D eigenvalue weighted by Crippen LogP contribution is 2.58. The molecular weight excluding hydrogens is 151 g/mol. The maximum absolute atomic E-state index is 4.92. The summed E-state index contributed by atoms with van der Waals surface area (Å²) < 4.78 is -1.20. The number of hydrogen-bond acceptors (Lipinski definition) is 2. The topological polar surface area (TPSA) is 0 Å². The Kier molecular flexibility index (Phi) is 3.19. The lowest BCUT2D eigenvalue weighted by Crippen LogP contribution is -1.48. The van der Waals surface area contributed by atoms with E-state index >= 15 is 0 Å². The highest BCUT2D eigenvalue weighted by Gasteiger charge is 1.94. The summed E-state index contributed by atoms with van der Waals surface area (Å²) in [6.07, 6.45) is 1.99. The first-order valence-corrected chi connectivity index (χ1v) is 7.65. The minimum atomic E-state index is -1.20. The molecule has 1 atom stereocenters. The van der Waals surface area contributed by atoms with Crippen molar-refractivity contribution in [1.82, 2.24) is 0 Å². The van der Waals surface area contributed by atoms with Crippen LogP contribution in [0.15, 0.2) is 0 Å². The standard InChI is InChI=1S/C2H7PS3/c1-3(4,5)6-2/h1-2H3,(H,4,5). The van der Waals surface area contributed by atoms with E-state index in [-0.39, 0.29) is 0 Å². The zero-order chi connectivity index (χ0) is 5.21. The fourth-order valence-corrected chi connectivity index (χ4v) is 0. The van der Waals surface area contributed by atoms with Crippen LogP contribution in [0.25, 0.3) is 0 Å². The zero-order valence-electron chi connectivity index (χ0n) is 3.71. The predicted molar refractivity (Wildman–Crippen MR) is 42.7 cm³/mol. The van der Waals surface area contributed by atoms with Crippen molar-refractivity contribution in [3.05, 3.63) is 0 Å². The molecule has 0 saturated heterocycles. The molecule has 0 aromatic rings. The van der Waals surface area contributed by atoms with Gasteiger partial charge in [0.05, 0.1) is 4.44 Å². The molecule has 0 spiro atoms. The summed E-state index contributed by atoms with van der Waals surface area (Å²) in [6, 6.07) is 0. The molecule has 6 heavy (non-hydrogen) atoms. The van der Waals surface area contributed by atoms with Crippen LogP contribution in [0.3, 0.4) is 0 Å². The van der Waals surface area contributed by atoms with Crippen molar-refractivity contribution in [2.24, 2.45) is 0 Å². The molecule has 0 aromatic heterocycles. The highest BCUT2D eigenvalue weighted by atomic mass is 33.2. The van der Waals surface area contributed by atoms with E-state index in [9.17, 15) is 0 Å². The second kappa shape index (κ2) is 2.61. The Morgan fingerprint density at radius 1 is 1.83 bits per heavy atom. The first-order chi connectivity index (χ1) is 2.56. The second-order valence-electron chi connectivity index (χ2n) is 0.986. The lowest BCUT2D eigenvalue weighted by molar-refractivity contribution is 2.47. The monoisotopic (exact) mass is 158 g/mol. The Morgan fingerprint density at radius 2 is 2.00 bits per heavy atom. The van der Waals surface area contributed by atoms with Gasteiger partial charge < -0.3 is 0 Å². The minimum Gasteiger partial charge on any atom is -0.132 e. The van der Waals surface area contributed by atoms with Crippen LogP contribution in [0.4, 0.5) is 0 Å². The molecule has 0 aliphatic heterocycles. The molecule has 0 nitrogen and oxygen atoms in total. The summed E-state index contributed by atoms with van der Waals surface area (Å²) in [5.74, 6) is 0. The summed E-state index contributed by atoms with van der Waals surface area (Å²) in [4.78, 5) is 0. The van der Waals surface area contributed by atoms with Gasteiger partial charge >= 0.3 is 0 Å². The second-order valence-corrected chi connectivity index (χ2v) is 13.2. The van der Waals surface area contributed by atoms with Crippen LogP contribution in [0.2, 0.25) is 0 Å². The normalized spacial score (nSPS) is 19.8. The molecule has 38 valence electrons. The van der Waals surface area contributed by atoms with Crippen LogP contribution >= 0.6 is 28.1 Å².